The molecular weight excluding hydrogens is 340 g/mol. The van der Waals surface area contributed by atoms with Gasteiger partial charge in [0.2, 0.25) is 0 Å². The molecule has 0 saturated heterocycles. The van der Waals surface area contributed by atoms with Gasteiger partial charge < -0.3 is 14.6 Å². The van der Waals surface area contributed by atoms with Gasteiger partial charge in [-0.3, -0.25) is 0 Å². The molecule has 0 spiro atoms. The number of anilines is 1. The van der Waals surface area contributed by atoms with E-state index in [0.29, 0.717) is 5.69 Å². The summed E-state index contributed by atoms with van der Waals surface area (Å²) in [4.78, 5) is 11.9. The Balaban J connectivity index is 1.65. The topological polar surface area (TPSA) is 67.7 Å². The van der Waals surface area contributed by atoms with Crippen LogP contribution in [0.1, 0.15) is 51.1 Å². The van der Waals surface area contributed by atoms with Crippen LogP contribution in [0.25, 0.3) is 0 Å². The van der Waals surface area contributed by atoms with Gasteiger partial charge >= 0.3 is 6.03 Å². The van der Waals surface area contributed by atoms with E-state index >= 15 is 0 Å². The van der Waals surface area contributed by atoms with Crippen LogP contribution >= 0.6 is 0 Å². The largest absolute Gasteiger partial charge is 0.494 e. The number of unbranched alkanes of at least 4 members (excludes halogenated alkanes) is 5. The predicted octanol–water partition coefficient (Wildman–Crippen LogP) is 4.92. The highest BCUT2D eigenvalue weighted by Crippen LogP contribution is 2.16. The quantitative estimate of drug-likeness (QED) is 0.335. The van der Waals surface area contributed by atoms with E-state index < -0.39 is 0 Å². The molecule has 1 aromatic carbocycles. The number of aromatic nitrogens is 1. The maximum absolute atomic E-state index is 11.9. The second-order valence-corrected chi connectivity index (χ2v) is 6.51. The summed E-state index contributed by atoms with van der Waals surface area (Å²) in [7, 11) is 1.91. The van der Waals surface area contributed by atoms with Crippen molar-refractivity contribution in [1.82, 2.24) is 9.99 Å². The molecule has 0 atom stereocenters. The fraction of sp³-hybridized carbons (Fsp3) is 0.429. The number of amides is 2. The Morgan fingerprint density at radius 3 is 2.56 bits per heavy atom. The van der Waals surface area contributed by atoms with Gasteiger partial charge in [-0.25, -0.2) is 10.2 Å². The van der Waals surface area contributed by atoms with Crippen molar-refractivity contribution in [1.29, 1.82) is 0 Å². The number of nitrogens with one attached hydrogen (secondary N) is 2. The summed E-state index contributed by atoms with van der Waals surface area (Å²) in [6.07, 6.45) is 11.0. The third-order valence-electron chi connectivity index (χ3n) is 4.23. The number of carbonyl (C=O) groups excluding carboxylic acids is 1. The van der Waals surface area contributed by atoms with Crippen LogP contribution in [0.3, 0.4) is 0 Å². The molecule has 2 rings (SSSR count). The highest BCUT2D eigenvalue weighted by atomic mass is 16.5. The lowest BCUT2D eigenvalue weighted by molar-refractivity contribution is 0.252. The number of hydrogen-bond acceptors (Lipinski definition) is 3. The molecule has 0 unspecified atom stereocenters. The van der Waals surface area contributed by atoms with Crippen molar-refractivity contribution in [3.8, 4) is 5.75 Å². The van der Waals surface area contributed by atoms with Crippen LogP contribution in [0.5, 0.6) is 5.75 Å². The Labute approximate surface area is 161 Å². The standard InChI is InChI=1S/C21H30N4O2/c1-3-4-5-6-7-8-16-27-20-13-11-18(12-14-20)23-21(26)24-22-17-19-10-9-15-25(19)2/h9-15,17H,3-8,16H2,1-2H3,(H2,23,24,26)/b22-17+. The zero-order valence-corrected chi connectivity index (χ0v) is 16.3. The molecule has 2 N–H and O–H groups in total. The molecule has 0 fully saturated rings. The molecular formula is C21H30N4O2. The predicted molar refractivity (Wildman–Crippen MR) is 110 cm³/mol. The second-order valence-electron chi connectivity index (χ2n) is 6.51. The van der Waals surface area contributed by atoms with E-state index in [9.17, 15) is 4.79 Å². The van der Waals surface area contributed by atoms with E-state index in [1.165, 1.54) is 32.1 Å². The Morgan fingerprint density at radius 1 is 1.11 bits per heavy atom. The molecule has 0 radical (unpaired) electrons. The maximum atomic E-state index is 11.9. The first kappa shape index (κ1) is 20.6. The fourth-order valence-electron chi connectivity index (χ4n) is 2.63. The number of hydrazone groups is 1. The smallest absolute Gasteiger partial charge is 0.339 e. The molecule has 0 aliphatic rings. The summed E-state index contributed by atoms with van der Waals surface area (Å²) in [5.41, 5.74) is 4.04. The Kier molecular flexibility index (Phi) is 8.96. The fourth-order valence-corrected chi connectivity index (χ4v) is 2.63. The SMILES string of the molecule is CCCCCCCCOc1ccc(NC(=O)N/N=C/c2cccn2C)cc1. The van der Waals surface area contributed by atoms with Gasteiger partial charge in [-0.05, 0) is 42.8 Å². The molecule has 2 aromatic rings. The van der Waals surface area contributed by atoms with Crippen LogP contribution in [0.15, 0.2) is 47.7 Å². The van der Waals surface area contributed by atoms with Gasteiger partial charge in [-0.1, -0.05) is 39.0 Å². The molecule has 0 saturated carbocycles. The van der Waals surface area contributed by atoms with Crippen LogP contribution in [0, 0.1) is 0 Å². The number of ether oxygens (including phenoxy) is 1. The number of rotatable bonds is 11. The first-order chi connectivity index (χ1) is 13.2. The lowest BCUT2D eigenvalue weighted by atomic mass is 10.1. The number of nitrogens with zero attached hydrogens (tertiary/aromatic N) is 2. The van der Waals surface area contributed by atoms with Gasteiger partial charge in [0.1, 0.15) is 5.75 Å². The highest BCUT2D eigenvalue weighted by molar-refractivity contribution is 5.90. The minimum atomic E-state index is -0.388. The minimum absolute atomic E-state index is 0.388. The second kappa shape index (κ2) is 11.8. The first-order valence-corrected chi connectivity index (χ1v) is 9.63. The molecule has 0 bridgehead atoms. The average molecular weight is 370 g/mol. The van der Waals surface area contributed by atoms with Crippen LogP contribution in [0.2, 0.25) is 0 Å². The third-order valence-corrected chi connectivity index (χ3v) is 4.23. The van der Waals surface area contributed by atoms with Crippen LogP contribution < -0.4 is 15.5 Å². The van der Waals surface area contributed by atoms with E-state index in [1.807, 2.05) is 54.2 Å². The molecule has 6 nitrogen and oxygen atoms in total. The van der Waals surface area contributed by atoms with Gasteiger partial charge in [0.15, 0.2) is 0 Å². The molecule has 1 heterocycles. The first-order valence-electron chi connectivity index (χ1n) is 9.63. The Bertz CT molecular complexity index is 707. The summed E-state index contributed by atoms with van der Waals surface area (Å²) in [6, 6.07) is 10.8. The molecule has 1 aromatic heterocycles. The monoisotopic (exact) mass is 370 g/mol. The number of benzene rings is 1. The van der Waals surface area contributed by atoms with Crippen molar-refractivity contribution in [3.63, 3.8) is 0 Å². The van der Waals surface area contributed by atoms with E-state index in [2.05, 4.69) is 22.8 Å². The normalized spacial score (nSPS) is 10.9. The average Bonchev–Trinajstić information content (AvgIpc) is 3.07. The van der Waals surface area contributed by atoms with Crippen molar-refractivity contribution in [2.45, 2.75) is 45.4 Å². The van der Waals surface area contributed by atoms with E-state index in [1.54, 1.807) is 6.21 Å². The number of hydrogen-bond donors (Lipinski definition) is 2. The molecule has 0 aliphatic carbocycles. The summed E-state index contributed by atoms with van der Waals surface area (Å²) >= 11 is 0. The van der Waals surface area contributed by atoms with E-state index in [4.69, 9.17) is 4.74 Å². The Morgan fingerprint density at radius 2 is 1.85 bits per heavy atom. The van der Waals surface area contributed by atoms with E-state index in [-0.39, 0.29) is 6.03 Å². The summed E-state index contributed by atoms with van der Waals surface area (Å²) in [5, 5.41) is 6.67. The number of aryl methyl sites for hydroxylation is 1. The summed E-state index contributed by atoms with van der Waals surface area (Å²) in [6.45, 7) is 2.95. The number of urea groups is 1. The zero-order chi connectivity index (χ0) is 19.3. The van der Waals surface area contributed by atoms with Crippen LogP contribution in [-0.2, 0) is 7.05 Å². The van der Waals surface area contributed by atoms with Crippen molar-refractivity contribution in [2.75, 3.05) is 11.9 Å². The van der Waals surface area contributed by atoms with Gasteiger partial charge in [-0.15, -0.1) is 0 Å². The van der Waals surface area contributed by atoms with Gasteiger partial charge in [-0.2, -0.15) is 5.10 Å². The van der Waals surface area contributed by atoms with Crippen LogP contribution in [-0.4, -0.2) is 23.4 Å². The van der Waals surface area contributed by atoms with Crippen molar-refractivity contribution in [2.24, 2.45) is 12.1 Å². The molecule has 146 valence electrons. The third kappa shape index (κ3) is 7.98. The molecule has 0 aliphatic heterocycles. The van der Waals surface area contributed by atoms with Gasteiger partial charge in [0.25, 0.3) is 0 Å². The molecule has 6 heteroatoms. The summed E-state index contributed by atoms with van der Waals surface area (Å²) in [5.74, 6) is 0.816. The van der Waals surface area contributed by atoms with Crippen molar-refractivity contribution in [3.05, 3.63) is 48.3 Å². The Hall–Kier alpha value is -2.76. The highest BCUT2D eigenvalue weighted by Gasteiger charge is 2.01. The molecule has 27 heavy (non-hydrogen) atoms. The summed E-state index contributed by atoms with van der Waals surface area (Å²) < 4.78 is 7.65. The lowest BCUT2D eigenvalue weighted by Crippen LogP contribution is -2.24. The zero-order valence-electron chi connectivity index (χ0n) is 16.3. The van der Waals surface area contributed by atoms with Gasteiger partial charge in [0, 0.05) is 18.9 Å². The van der Waals surface area contributed by atoms with E-state index in [0.717, 1.165) is 24.5 Å². The molecule has 2 amide bonds. The van der Waals surface area contributed by atoms with Gasteiger partial charge in [0.05, 0.1) is 18.5 Å². The lowest BCUT2D eigenvalue weighted by Gasteiger charge is -2.08. The van der Waals surface area contributed by atoms with Crippen molar-refractivity contribution < 1.29 is 9.53 Å². The van der Waals surface area contributed by atoms with Crippen LogP contribution in [0.4, 0.5) is 10.5 Å². The minimum Gasteiger partial charge on any atom is -0.494 e. The maximum Gasteiger partial charge on any atom is 0.339 e. The van der Waals surface area contributed by atoms with Crippen molar-refractivity contribution >= 4 is 17.9 Å². The number of carbonyl (C=O) groups is 1.